The molecule has 7 aromatic rings. The van der Waals surface area contributed by atoms with E-state index < -0.39 is 0 Å². The summed E-state index contributed by atoms with van der Waals surface area (Å²) in [6.45, 7) is 0. The van der Waals surface area contributed by atoms with Crippen molar-refractivity contribution in [1.82, 2.24) is 0 Å². The molecule has 0 aliphatic rings. The van der Waals surface area contributed by atoms with Crippen molar-refractivity contribution >= 4 is 95.6 Å². The lowest BCUT2D eigenvalue weighted by Gasteiger charge is -2.19. The summed E-state index contributed by atoms with van der Waals surface area (Å²) in [5.41, 5.74) is 22.0. The molecule has 0 aliphatic heterocycles. The van der Waals surface area contributed by atoms with Crippen LogP contribution in [0.3, 0.4) is 0 Å². The van der Waals surface area contributed by atoms with Crippen molar-refractivity contribution in [2.45, 2.75) is 32.0 Å². The van der Waals surface area contributed by atoms with Gasteiger partial charge in [0.25, 0.3) is 0 Å². The molecule has 0 nitrogen and oxygen atoms in total. The smallest absolute Gasteiger partial charge is 0.0283 e. The maximum Gasteiger partial charge on any atom is 0.0283 e. The van der Waals surface area contributed by atoms with Gasteiger partial charge in [0, 0.05) is 32.0 Å². The van der Waals surface area contributed by atoms with E-state index in [9.17, 15) is 0 Å². The van der Waals surface area contributed by atoms with E-state index in [4.69, 9.17) is 0 Å². The van der Waals surface area contributed by atoms with E-state index in [1.54, 1.807) is 0 Å². The number of benzene rings is 7. The second kappa shape index (κ2) is 18.6. The Bertz CT molecular complexity index is 2080. The number of rotatable bonds is 12. The van der Waals surface area contributed by atoms with E-state index in [1.165, 1.54) is 100 Å². The minimum atomic E-state index is 0.802. The molecule has 0 atom stereocenters. The Morgan fingerprint density at radius 2 is 0.389 bits per heavy atom. The van der Waals surface area contributed by atoms with Gasteiger partial charge in [-0.1, -0.05) is 223 Å². The largest absolute Gasteiger partial charge is 0.0876 e. The Kier molecular flexibility index (Phi) is 13.6. The molecule has 54 heavy (non-hydrogen) atoms. The highest BCUT2D eigenvalue weighted by Crippen LogP contribution is 2.43. The van der Waals surface area contributed by atoms with Crippen LogP contribution in [0.4, 0.5) is 0 Å². The van der Waals surface area contributed by atoms with Crippen LogP contribution in [0.25, 0.3) is 66.8 Å². The molecule has 0 N–H and O–H groups in total. The molecule has 0 saturated carbocycles. The third kappa shape index (κ3) is 8.85. The Morgan fingerprint density at radius 1 is 0.222 bits per heavy atom. The van der Waals surface area contributed by atoms with Crippen LogP contribution in [0.2, 0.25) is 0 Å². The van der Waals surface area contributed by atoms with E-state index in [-0.39, 0.29) is 0 Å². The van der Waals surface area contributed by atoms with Crippen LogP contribution >= 0.6 is 95.6 Å². The van der Waals surface area contributed by atoms with Gasteiger partial charge in [0.2, 0.25) is 0 Å². The van der Waals surface area contributed by atoms with Crippen molar-refractivity contribution < 1.29 is 0 Å². The molecule has 7 rings (SSSR count). The average molecular weight is 1090 g/mol. The van der Waals surface area contributed by atoms with E-state index in [0.29, 0.717) is 0 Å². The Balaban J connectivity index is 1.50. The number of alkyl halides is 6. The predicted molar refractivity (Wildman–Crippen MR) is 255 cm³/mol. The highest BCUT2D eigenvalue weighted by molar-refractivity contribution is 9.09. The lowest BCUT2D eigenvalue weighted by Crippen LogP contribution is -1.94. The summed E-state index contributed by atoms with van der Waals surface area (Å²) < 4.78 is 0. The SMILES string of the molecule is BrCc1cc(CBr)cc(-c2ccccc2-c2cc(-c3ccccc3-c3cc(CBr)cc(CBr)c3)cc(-c3ccccc3-c3cc(CBr)cc(CBr)c3)c2)c1. The molecule has 0 saturated heterocycles. The van der Waals surface area contributed by atoms with Crippen LogP contribution in [0.15, 0.2) is 146 Å². The van der Waals surface area contributed by atoms with Crippen LogP contribution in [-0.4, -0.2) is 0 Å². The Morgan fingerprint density at radius 3 is 0.556 bits per heavy atom. The van der Waals surface area contributed by atoms with E-state index in [1.807, 2.05) is 0 Å². The highest BCUT2D eigenvalue weighted by atomic mass is 79.9. The first kappa shape index (κ1) is 39.6. The maximum absolute atomic E-state index is 3.72. The molecular weight excluding hydrogens is 1060 g/mol. The van der Waals surface area contributed by atoms with Gasteiger partial charge in [-0.3, -0.25) is 0 Å². The monoisotopic (exact) mass is 1090 g/mol. The molecule has 0 spiro atoms. The normalized spacial score (nSPS) is 11.2. The quantitative estimate of drug-likeness (QED) is 0.107. The molecule has 0 aliphatic carbocycles. The summed E-state index contributed by atoms with van der Waals surface area (Å²) in [7, 11) is 0. The van der Waals surface area contributed by atoms with Crippen LogP contribution in [0, 0.1) is 0 Å². The second-order valence-electron chi connectivity index (χ2n) is 13.4. The van der Waals surface area contributed by atoms with Gasteiger partial charge in [-0.15, -0.1) is 0 Å². The first-order valence-electron chi connectivity index (χ1n) is 17.6. The fourth-order valence-corrected chi connectivity index (χ4v) is 9.21. The fraction of sp³-hybridized carbons (Fsp3) is 0.125. The van der Waals surface area contributed by atoms with E-state index >= 15 is 0 Å². The molecule has 270 valence electrons. The molecule has 0 unspecified atom stereocenters. The minimum Gasteiger partial charge on any atom is -0.0876 e. The standard InChI is InChI=1S/C48H36Br6/c49-25-31-13-32(26-50)17-37(16-31)43-7-1-4-10-46(43)40-22-41(47-11-5-2-8-44(47)38-18-33(27-51)14-34(19-38)28-52)24-42(23-40)48-12-6-3-9-45(48)39-20-35(29-53)15-36(21-39)30-54/h1-24H,25-30H2. The zero-order valence-corrected chi connectivity index (χ0v) is 38.9. The predicted octanol–water partition coefficient (Wildman–Crippen LogP) is 17.1. The Hall–Kier alpha value is -2.58. The van der Waals surface area contributed by atoms with Gasteiger partial charge in [0.1, 0.15) is 0 Å². The summed E-state index contributed by atoms with van der Waals surface area (Å²) in [5.74, 6) is 0. The van der Waals surface area contributed by atoms with E-state index in [2.05, 4.69) is 241 Å². The van der Waals surface area contributed by atoms with Crippen LogP contribution in [0.1, 0.15) is 33.4 Å². The molecular formula is C48H36Br6. The fourth-order valence-electron chi connectivity index (χ4n) is 7.27. The molecule has 0 bridgehead atoms. The molecule has 0 amide bonds. The topological polar surface area (TPSA) is 0 Å². The zero-order chi connectivity index (χ0) is 37.6. The van der Waals surface area contributed by atoms with Crippen molar-refractivity contribution in [3.8, 4) is 66.8 Å². The van der Waals surface area contributed by atoms with Gasteiger partial charge in [-0.25, -0.2) is 0 Å². The molecule has 0 aromatic heterocycles. The summed E-state index contributed by atoms with van der Waals surface area (Å²) >= 11 is 22.3. The molecule has 0 heterocycles. The minimum absolute atomic E-state index is 0.802. The van der Waals surface area contributed by atoms with Crippen molar-refractivity contribution in [1.29, 1.82) is 0 Å². The van der Waals surface area contributed by atoms with Gasteiger partial charge in [-0.05, 0) is 118 Å². The first-order chi connectivity index (χ1) is 26.4. The molecule has 0 fully saturated rings. The van der Waals surface area contributed by atoms with Gasteiger partial charge >= 0.3 is 0 Å². The molecule has 6 heteroatoms. The van der Waals surface area contributed by atoms with Crippen LogP contribution in [0.5, 0.6) is 0 Å². The first-order valence-corrected chi connectivity index (χ1v) is 24.4. The summed E-state index contributed by atoms with van der Waals surface area (Å²) in [6.07, 6.45) is 0. The van der Waals surface area contributed by atoms with Gasteiger partial charge < -0.3 is 0 Å². The van der Waals surface area contributed by atoms with Gasteiger partial charge in [-0.2, -0.15) is 0 Å². The van der Waals surface area contributed by atoms with Crippen LogP contribution < -0.4 is 0 Å². The highest BCUT2D eigenvalue weighted by Gasteiger charge is 2.17. The lowest BCUT2D eigenvalue weighted by molar-refractivity contribution is 1.35. The summed E-state index contributed by atoms with van der Waals surface area (Å²) in [4.78, 5) is 0. The lowest BCUT2D eigenvalue weighted by atomic mass is 9.85. The van der Waals surface area contributed by atoms with Crippen molar-refractivity contribution in [3.05, 3.63) is 179 Å². The van der Waals surface area contributed by atoms with Crippen molar-refractivity contribution in [2.24, 2.45) is 0 Å². The third-order valence-electron chi connectivity index (χ3n) is 9.66. The molecule has 7 aromatic carbocycles. The Labute approximate surface area is 369 Å². The number of hydrogen-bond acceptors (Lipinski definition) is 0. The maximum atomic E-state index is 3.72. The van der Waals surface area contributed by atoms with E-state index in [0.717, 1.165) is 32.0 Å². The molecule has 0 radical (unpaired) electrons. The second-order valence-corrected chi connectivity index (χ2v) is 16.7. The van der Waals surface area contributed by atoms with Crippen LogP contribution in [-0.2, 0) is 32.0 Å². The van der Waals surface area contributed by atoms with Gasteiger partial charge in [0.15, 0.2) is 0 Å². The average Bonchev–Trinajstić information content (AvgIpc) is 3.25. The number of halogens is 6. The summed E-state index contributed by atoms with van der Waals surface area (Å²) in [6, 6.07) is 54.4. The van der Waals surface area contributed by atoms with Crippen molar-refractivity contribution in [2.75, 3.05) is 0 Å². The third-order valence-corrected chi connectivity index (χ3v) is 13.5. The van der Waals surface area contributed by atoms with Gasteiger partial charge in [0.05, 0.1) is 0 Å². The zero-order valence-electron chi connectivity index (χ0n) is 29.4. The number of hydrogen-bond donors (Lipinski definition) is 0. The summed E-state index contributed by atoms with van der Waals surface area (Å²) in [5, 5.41) is 4.81. The van der Waals surface area contributed by atoms with Crippen molar-refractivity contribution in [3.63, 3.8) is 0 Å².